The third-order valence-corrected chi connectivity index (χ3v) is 4.44. The normalized spacial score (nSPS) is 11.5. The molecule has 0 bridgehead atoms. The number of aromatic hydroxyl groups is 1. The maximum atomic E-state index is 12.3. The van der Waals surface area contributed by atoms with Crippen LogP contribution in [-0.4, -0.2) is 23.7 Å². The SMILES string of the molecule is Cc1cccc(NS(=O)(=O)c2c(C)n[nH]c2C)c1O. The molecule has 102 valence electrons. The fourth-order valence-corrected chi connectivity index (χ4v) is 3.31. The number of nitrogens with zero attached hydrogens (tertiary/aromatic N) is 1. The van der Waals surface area contributed by atoms with Gasteiger partial charge in [-0.3, -0.25) is 9.82 Å². The zero-order valence-electron chi connectivity index (χ0n) is 10.9. The van der Waals surface area contributed by atoms with Crippen LogP contribution in [0.2, 0.25) is 0 Å². The maximum Gasteiger partial charge on any atom is 0.265 e. The Labute approximate surface area is 111 Å². The predicted molar refractivity (Wildman–Crippen MR) is 71.7 cm³/mol. The molecular weight excluding hydrogens is 266 g/mol. The molecule has 2 aromatic rings. The molecule has 3 N–H and O–H groups in total. The Bertz CT molecular complexity index is 700. The van der Waals surface area contributed by atoms with Crippen molar-refractivity contribution in [2.45, 2.75) is 25.7 Å². The number of para-hydroxylation sites is 1. The molecule has 19 heavy (non-hydrogen) atoms. The third kappa shape index (κ3) is 2.41. The van der Waals surface area contributed by atoms with E-state index in [4.69, 9.17) is 0 Å². The van der Waals surface area contributed by atoms with Gasteiger partial charge in [-0.05, 0) is 32.4 Å². The van der Waals surface area contributed by atoms with E-state index in [1.807, 2.05) is 0 Å². The predicted octanol–water partition coefficient (Wildman–Crippen LogP) is 1.84. The molecule has 0 radical (unpaired) electrons. The van der Waals surface area contributed by atoms with Crippen LogP contribution in [0, 0.1) is 20.8 Å². The number of aromatic nitrogens is 2. The minimum atomic E-state index is -3.77. The summed E-state index contributed by atoms with van der Waals surface area (Å²) in [6, 6.07) is 4.87. The van der Waals surface area contributed by atoms with Crippen LogP contribution in [0.15, 0.2) is 23.1 Å². The van der Waals surface area contributed by atoms with Crippen LogP contribution >= 0.6 is 0 Å². The molecule has 0 aliphatic rings. The van der Waals surface area contributed by atoms with Crippen molar-refractivity contribution in [1.29, 1.82) is 0 Å². The lowest BCUT2D eigenvalue weighted by Gasteiger charge is -2.10. The number of rotatable bonds is 3. The summed E-state index contributed by atoms with van der Waals surface area (Å²) in [6.45, 7) is 4.93. The first-order chi connectivity index (χ1) is 8.83. The Morgan fingerprint density at radius 1 is 1.26 bits per heavy atom. The van der Waals surface area contributed by atoms with E-state index in [-0.39, 0.29) is 16.3 Å². The molecule has 7 heteroatoms. The van der Waals surface area contributed by atoms with Crippen LogP contribution in [0.1, 0.15) is 17.0 Å². The van der Waals surface area contributed by atoms with Gasteiger partial charge in [-0.1, -0.05) is 12.1 Å². The van der Waals surface area contributed by atoms with Crippen LogP contribution in [-0.2, 0) is 10.0 Å². The molecule has 0 unspecified atom stereocenters. The average Bonchev–Trinajstić information content (AvgIpc) is 2.65. The minimum Gasteiger partial charge on any atom is -0.505 e. The number of aryl methyl sites for hydroxylation is 3. The number of nitrogens with one attached hydrogen (secondary N) is 2. The lowest BCUT2D eigenvalue weighted by molar-refractivity contribution is 0.473. The standard InChI is InChI=1S/C12H15N3O3S/c1-7-5-4-6-10(11(7)16)15-19(17,18)12-8(2)13-14-9(12)3/h4-6,15-16H,1-3H3,(H,13,14). The van der Waals surface area contributed by atoms with Crippen molar-refractivity contribution in [3.05, 3.63) is 35.2 Å². The summed E-state index contributed by atoms with van der Waals surface area (Å²) in [7, 11) is -3.77. The van der Waals surface area contributed by atoms with Gasteiger partial charge in [0.2, 0.25) is 0 Å². The summed E-state index contributed by atoms with van der Waals surface area (Å²) in [4.78, 5) is 0.105. The summed E-state index contributed by atoms with van der Waals surface area (Å²) in [6.07, 6.45) is 0. The molecule has 0 amide bonds. The first-order valence-corrected chi connectivity index (χ1v) is 7.14. The maximum absolute atomic E-state index is 12.3. The second-order valence-corrected chi connectivity index (χ2v) is 5.96. The van der Waals surface area contributed by atoms with E-state index < -0.39 is 10.0 Å². The monoisotopic (exact) mass is 281 g/mol. The first kappa shape index (κ1) is 13.4. The molecule has 0 aliphatic heterocycles. The van der Waals surface area contributed by atoms with Gasteiger partial charge in [0, 0.05) is 0 Å². The van der Waals surface area contributed by atoms with Crippen molar-refractivity contribution in [3.63, 3.8) is 0 Å². The lowest BCUT2D eigenvalue weighted by Crippen LogP contribution is -2.14. The van der Waals surface area contributed by atoms with Crippen molar-refractivity contribution in [3.8, 4) is 5.75 Å². The summed E-state index contributed by atoms with van der Waals surface area (Å²) in [5.74, 6) is -0.0788. The molecule has 0 saturated heterocycles. The zero-order valence-corrected chi connectivity index (χ0v) is 11.7. The fraction of sp³-hybridized carbons (Fsp3) is 0.250. The summed E-state index contributed by atoms with van der Waals surface area (Å²) in [5.41, 5.74) is 1.59. The Morgan fingerprint density at radius 3 is 2.53 bits per heavy atom. The molecule has 0 spiro atoms. The number of sulfonamides is 1. The van der Waals surface area contributed by atoms with E-state index in [0.29, 0.717) is 17.0 Å². The average molecular weight is 281 g/mol. The van der Waals surface area contributed by atoms with E-state index in [9.17, 15) is 13.5 Å². The van der Waals surface area contributed by atoms with Crippen LogP contribution in [0.25, 0.3) is 0 Å². The van der Waals surface area contributed by atoms with Gasteiger partial charge in [-0.15, -0.1) is 0 Å². The number of H-pyrrole nitrogens is 1. The zero-order chi connectivity index (χ0) is 14.2. The topological polar surface area (TPSA) is 95.1 Å². The number of benzene rings is 1. The van der Waals surface area contributed by atoms with Gasteiger partial charge in [-0.25, -0.2) is 8.42 Å². The van der Waals surface area contributed by atoms with Crippen molar-refractivity contribution in [2.24, 2.45) is 0 Å². The molecule has 0 saturated carbocycles. The summed E-state index contributed by atoms with van der Waals surface area (Å²) < 4.78 is 26.9. The van der Waals surface area contributed by atoms with E-state index in [1.165, 1.54) is 6.07 Å². The van der Waals surface area contributed by atoms with E-state index in [0.717, 1.165) is 0 Å². The van der Waals surface area contributed by atoms with Crippen LogP contribution < -0.4 is 4.72 Å². The second kappa shape index (κ2) is 4.58. The quantitative estimate of drug-likeness (QED) is 0.748. The van der Waals surface area contributed by atoms with E-state index in [1.54, 1.807) is 32.9 Å². The van der Waals surface area contributed by atoms with Gasteiger partial charge in [-0.2, -0.15) is 5.10 Å². The molecule has 1 aromatic carbocycles. The highest BCUT2D eigenvalue weighted by atomic mass is 32.2. The highest BCUT2D eigenvalue weighted by molar-refractivity contribution is 7.92. The molecule has 0 fully saturated rings. The lowest BCUT2D eigenvalue weighted by atomic mass is 10.2. The number of anilines is 1. The number of phenolic OH excluding ortho intramolecular Hbond substituents is 1. The van der Waals surface area contributed by atoms with E-state index in [2.05, 4.69) is 14.9 Å². The fourth-order valence-electron chi connectivity index (χ4n) is 1.87. The molecule has 2 rings (SSSR count). The van der Waals surface area contributed by atoms with Gasteiger partial charge >= 0.3 is 0 Å². The number of aromatic amines is 1. The molecular formula is C12H15N3O3S. The summed E-state index contributed by atoms with van der Waals surface area (Å²) in [5, 5.41) is 16.3. The number of phenols is 1. The molecule has 6 nitrogen and oxygen atoms in total. The van der Waals surface area contributed by atoms with Gasteiger partial charge in [0.1, 0.15) is 10.6 Å². The van der Waals surface area contributed by atoms with Gasteiger partial charge < -0.3 is 5.11 Å². The van der Waals surface area contributed by atoms with Crippen molar-refractivity contribution >= 4 is 15.7 Å². The third-order valence-electron chi connectivity index (χ3n) is 2.81. The van der Waals surface area contributed by atoms with Gasteiger partial charge in [0.15, 0.2) is 0 Å². The molecule has 1 heterocycles. The van der Waals surface area contributed by atoms with Crippen LogP contribution in [0.4, 0.5) is 5.69 Å². The van der Waals surface area contributed by atoms with Crippen molar-refractivity contribution < 1.29 is 13.5 Å². The summed E-state index contributed by atoms with van der Waals surface area (Å²) >= 11 is 0. The Kier molecular flexibility index (Phi) is 3.23. The first-order valence-electron chi connectivity index (χ1n) is 5.66. The van der Waals surface area contributed by atoms with Crippen LogP contribution in [0.3, 0.4) is 0 Å². The highest BCUT2D eigenvalue weighted by Gasteiger charge is 2.23. The van der Waals surface area contributed by atoms with Gasteiger partial charge in [0.25, 0.3) is 10.0 Å². The smallest absolute Gasteiger partial charge is 0.265 e. The molecule has 1 aromatic heterocycles. The van der Waals surface area contributed by atoms with Gasteiger partial charge in [0.05, 0.1) is 17.1 Å². The molecule has 0 aliphatic carbocycles. The highest BCUT2D eigenvalue weighted by Crippen LogP contribution is 2.29. The second-order valence-electron chi connectivity index (χ2n) is 4.34. The Hall–Kier alpha value is -2.02. The Balaban J connectivity index is 2.46. The Morgan fingerprint density at radius 2 is 1.95 bits per heavy atom. The molecule has 0 atom stereocenters. The minimum absolute atomic E-state index is 0.0788. The van der Waals surface area contributed by atoms with Crippen molar-refractivity contribution in [2.75, 3.05) is 4.72 Å². The van der Waals surface area contributed by atoms with Crippen LogP contribution in [0.5, 0.6) is 5.75 Å². The number of hydrogen-bond donors (Lipinski definition) is 3. The van der Waals surface area contributed by atoms with E-state index >= 15 is 0 Å². The number of hydrogen-bond acceptors (Lipinski definition) is 4. The van der Waals surface area contributed by atoms with Crippen molar-refractivity contribution in [1.82, 2.24) is 10.2 Å². The largest absolute Gasteiger partial charge is 0.505 e.